The molecule has 1 heterocycles. The van der Waals surface area contributed by atoms with Crippen LogP contribution in [-0.2, 0) is 11.2 Å². The Bertz CT molecular complexity index is 838. The van der Waals surface area contributed by atoms with Crippen LogP contribution in [0.4, 0.5) is 0 Å². The molecular weight excluding hydrogens is 499 g/mol. The normalized spacial score (nSPS) is 17.3. The predicted molar refractivity (Wildman–Crippen MR) is 139 cm³/mol. The van der Waals surface area contributed by atoms with Crippen LogP contribution in [0.25, 0.3) is 0 Å². The lowest BCUT2D eigenvalue weighted by molar-refractivity contribution is -0.127. The maximum Gasteiger partial charge on any atom is 0.223 e. The van der Waals surface area contributed by atoms with Crippen molar-refractivity contribution in [1.82, 2.24) is 15.5 Å². The minimum atomic E-state index is 0. The summed E-state index contributed by atoms with van der Waals surface area (Å²) < 4.78 is 0. The standard InChI is InChI=1S/C25H34N4O.HI/c1-19-9-11-23(12-10-19)20(2)16-27-25(26-3)28-17-22-15-24(30)29(18-22)14-13-21-7-5-4-6-8-21;/h4-12,20,22H,13-18H2,1-3H3,(H2,26,27,28);1H. The van der Waals surface area contributed by atoms with Crippen molar-refractivity contribution in [3.8, 4) is 0 Å². The first kappa shape index (κ1) is 25.2. The van der Waals surface area contributed by atoms with E-state index in [1.165, 1.54) is 16.7 Å². The summed E-state index contributed by atoms with van der Waals surface area (Å²) in [6, 6.07) is 19.0. The van der Waals surface area contributed by atoms with Crippen molar-refractivity contribution >= 4 is 35.8 Å². The summed E-state index contributed by atoms with van der Waals surface area (Å²) in [5.41, 5.74) is 3.87. The Morgan fingerprint density at radius 1 is 1.13 bits per heavy atom. The largest absolute Gasteiger partial charge is 0.356 e. The van der Waals surface area contributed by atoms with Crippen LogP contribution in [0.5, 0.6) is 0 Å². The number of likely N-dealkylation sites (tertiary alicyclic amines) is 1. The summed E-state index contributed by atoms with van der Waals surface area (Å²) in [5, 5.41) is 6.82. The van der Waals surface area contributed by atoms with Crippen molar-refractivity contribution in [3.05, 3.63) is 71.3 Å². The number of carbonyl (C=O) groups is 1. The predicted octanol–water partition coefficient (Wildman–Crippen LogP) is 3.97. The number of guanidine groups is 1. The number of nitrogens with one attached hydrogen (secondary N) is 2. The fourth-order valence-corrected chi connectivity index (χ4v) is 3.84. The highest BCUT2D eigenvalue weighted by Gasteiger charge is 2.29. The molecule has 1 amide bonds. The van der Waals surface area contributed by atoms with Gasteiger partial charge in [-0.1, -0.05) is 67.1 Å². The van der Waals surface area contributed by atoms with E-state index in [1.807, 2.05) is 23.1 Å². The molecule has 1 fully saturated rings. The van der Waals surface area contributed by atoms with Crippen LogP contribution in [-0.4, -0.2) is 50.0 Å². The molecule has 1 aliphatic heterocycles. The van der Waals surface area contributed by atoms with Gasteiger partial charge in [0.2, 0.25) is 5.91 Å². The molecule has 31 heavy (non-hydrogen) atoms. The lowest BCUT2D eigenvalue weighted by Gasteiger charge is -2.19. The second-order valence-electron chi connectivity index (χ2n) is 8.29. The fraction of sp³-hybridized carbons (Fsp3) is 0.440. The molecule has 6 heteroatoms. The van der Waals surface area contributed by atoms with E-state index in [1.54, 1.807) is 7.05 Å². The van der Waals surface area contributed by atoms with E-state index in [0.717, 1.165) is 38.6 Å². The van der Waals surface area contributed by atoms with Crippen LogP contribution in [0.1, 0.15) is 36.0 Å². The molecule has 0 bridgehead atoms. The zero-order valence-electron chi connectivity index (χ0n) is 18.8. The Balaban J connectivity index is 0.00000341. The number of benzene rings is 2. The maximum atomic E-state index is 12.4. The highest BCUT2D eigenvalue weighted by molar-refractivity contribution is 14.0. The zero-order chi connectivity index (χ0) is 21.3. The fourth-order valence-electron chi connectivity index (χ4n) is 3.84. The second-order valence-corrected chi connectivity index (χ2v) is 8.29. The third-order valence-electron chi connectivity index (χ3n) is 5.81. The third kappa shape index (κ3) is 7.83. The second kappa shape index (κ2) is 12.7. The van der Waals surface area contributed by atoms with E-state index >= 15 is 0 Å². The lowest BCUT2D eigenvalue weighted by Crippen LogP contribution is -2.41. The van der Waals surface area contributed by atoms with Crippen LogP contribution < -0.4 is 10.6 Å². The summed E-state index contributed by atoms with van der Waals surface area (Å²) in [6.45, 7) is 7.50. The van der Waals surface area contributed by atoms with Crippen LogP contribution in [0.3, 0.4) is 0 Å². The summed E-state index contributed by atoms with van der Waals surface area (Å²) in [4.78, 5) is 18.7. The molecule has 0 saturated carbocycles. The topological polar surface area (TPSA) is 56.7 Å². The Kier molecular flexibility index (Phi) is 10.3. The van der Waals surface area contributed by atoms with E-state index in [0.29, 0.717) is 18.3 Å². The van der Waals surface area contributed by atoms with Gasteiger partial charge in [-0.25, -0.2) is 0 Å². The third-order valence-corrected chi connectivity index (χ3v) is 5.81. The highest BCUT2D eigenvalue weighted by Crippen LogP contribution is 2.18. The van der Waals surface area contributed by atoms with Crippen molar-refractivity contribution < 1.29 is 4.79 Å². The molecule has 3 rings (SSSR count). The summed E-state index contributed by atoms with van der Waals surface area (Å²) in [6.07, 6.45) is 1.52. The van der Waals surface area contributed by atoms with Crippen molar-refractivity contribution in [2.24, 2.45) is 10.9 Å². The van der Waals surface area contributed by atoms with Crippen molar-refractivity contribution in [2.75, 3.05) is 33.2 Å². The van der Waals surface area contributed by atoms with Gasteiger partial charge in [-0.3, -0.25) is 9.79 Å². The average molecular weight is 534 g/mol. The molecule has 0 aliphatic carbocycles. The summed E-state index contributed by atoms with van der Waals surface area (Å²) in [7, 11) is 1.79. The number of nitrogens with zero attached hydrogens (tertiary/aromatic N) is 2. The molecule has 5 nitrogen and oxygen atoms in total. The number of carbonyl (C=O) groups excluding carboxylic acids is 1. The Morgan fingerprint density at radius 3 is 2.52 bits per heavy atom. The van der Waals surface area contributed by atoms with Crippen LogP contribution >= 0.6 is 24.0 Å². The number of aliphatic imine (C=N–C) groups is 1. The Labute approximate surface area is 203 Å². The Morgan fingerprint density at radius 2 is 1.84 bits per heavy atom. The van der Waals surface area contributed by atoms with E-state index in [2.05, 4.69) is 65.9 Å². The van der Waals surface area contributed by atoms with Gasteiger partial charge in [0.25, 0.3) is 0 Å². The highest BCUT2D eigenvalue weighted by atomic mass is 127. The minimum absolute atomic E-state index is 0. The maximum absolute atomic E-state index is 12.4. The van der Waals surface area contributed by atoms with Crippen molar-refractivity contribution in [2.45, 2.75) is 32.6 Å². The monoisotopic (exact) mass is 534 g/mol. The van der Waals surface area contributed by atoms with Gasteiger partial charge in [0.15, 0.2) is 5.96 Å². The van der Waals surface area contributed by atoms with Crippen LogP contribution in [0, 0.1) is 12.8 Å². The lowest BCUT2D eigenvalue weighted by atomic mass is 10.0. The molecule has 2 atom stereocenters. The van der Waals surface area contributed by atoms with Gasteiger partial charge in [-0.2, -0.15) is 0 Å². The summed E-state index contributed by atoms with van der Waals surface area (Å²) in [5.74, 6) is 1.77. The van der Waals surface area contributed by atoms with E-state index in [4.69, 9.17) is 0 Å². The first-order valence-corrected chi connectivity index (χ1v) is 10.9. The van der Waals surface area contributed by atoms with E-state index in [9.17, 15) is 4.79 Å². The van der Waals surface area contributed by atoms with Crippen LogP contribution in [0.15, 0.2) is 59.6 Å². The number of hydrogen-bond donors (Lipinski definition) is 2. The minimum Gasteiger partial charge on any atom is -0.356 e. The molecular formula is C25H35IN4O. The van der Waals surface area contributed by atoms with Crippen molar-refractivity contribution in [3.63, 3.8) is 0 Å². The molecule has 0 aromatic heterocycles. The Hall–Kier alpha value is -2.09. The van der Waals surface area contributed by atoms with Gasteiger partial charge in [-0.15, -0.1) is 24.0 Å². The SMILES string of the molecule is CN=C(NCC1CC(=O)N(CCc2ccccc2)C1)NCC(C)c1ccc(C)cc1.I. The van der Waals surface area contributed by atoms with E-state index in [-0.39, 0.29) is 29.9 Å². The quantitative estimate of drug-likeness (QED) is 0.306. The molecule has 1 aliphatic rings. The average Bonchev–Trinajstić information content (AvgIpc) is 3.13. The number of aryl methyl sites for hydroxylation is 1. The van der Waals surface area contributed by atoms with E-state index < -0.39 is 0 Å². The van der Waals surface area contributed by atoms with Crippen LogP contribution in [0.2, 0.25) is 0 Å². The van der Waals surface area contributed by atoms with Gasteiger partial charge >= 0.3 is 0 Å². The zero-order valence-corrected chi connectivity index (χ0v) is 21.1. The molecule has 0 radical (unpaired) electrons. The van der Waals surface area contributed by atoms with Gasteiger partial charge in [0.1, 0.15) is 0 Å². The smallest absolute Gasteiger partial charge is 0.223 e. The molecule has 2 aromatic rings. The molecule has 2 N–H and O–H groups in total. The molecule has 168 valence electrons. The molecule has 2 unspecified atom stereocenters. The van der Waals surface area contributed by atoms with Gasteiger partial charge in [0.05, 0.1) is 0 Å². The molecule has 2 aromatic carbocycles. The first-order valence-electron chi connectivity index (χ1n) is 10.9. The summed E-state index contributed by atoms with van der Waals surface area (Å²) >= 11 is 0. The molecule has 0 spiro atoms. The van der Waals surface area contributed by atoms with Gasteiger partial charge < -0.3 is 15.5 Å². The first-order chi connectivity index (χ1) is 14.5. The number of hydrogen-bond acceptors (Lipinski definition) is 2. The van der Waals surface area contributed by atoms with Gasteiger partial charge in [-0.05, 0) is 30.4 Å². The number of rotatable bonds is 8. The number of halogens is 1. The number of amides is 1. The molecule has 1 saturated heterocycles. The van der Waals surface area contributed by atoms with Crippen molar-refractivity contribution in [1.29, 1.82) is 0 Å². The van der Waals surface area contributed by atoms with Gasteiger partial charge in [0, 0.05) is 45.6 Å².